The van der Waals surface area contributed by atoms with Crippen LogP contribution >= 0.6 is 7.60 Å². The topological polar surface area (TPSA) is 183 Å². The molecule has 1 aliphatic carbocycles. The lowest BCUT2D eigenvalue weighted by molar-refractivity contribution is -0.0759. The van der Waals surface area contributed by atoms with Gasteiger partial charge in [0.1, 0.15) is 35.8 Å². The van der Waals surface area contributed by atoms with Gasteiger partial charge in [-0.15, -0.1) is 0 Å². The smallest absolute Gasteiger partial charge is 0.356 e. The summed E-state index contributed by atoms with van der Waals surface area (Å²) in [7, 11) is -3.74. The van der Waals surface area contributed by atoms with Crippen LogP contribution in [0.5, 0.6) is 0 Å². The van der Waals surface area contributed by atoms with Crippen LogP contribution in [0, 0.1) is 11.3 Å². The van der Waals surface area contributed by atoms with Crippen molar-refractivity contribution in [3.63, 3.8) is 0 Å². The van der Waals surface area contributed by atoms with Gasteiger partial charge in [0, 0.05) is 19.3 Å². The van der Waals surface area contributed by atoms with E-state index in [1.165, 1.54) is 23.0 Å². The van der Waals surface area contributed by atoms with Crippen LogP contribution in [0.4, 0.5) is 5.82 Å². The molecule has 2 aromatic heterocycles. The van der Waals surface area contributed by atoms with E-state index in [1.807, 2.05) is 13.0 Å². The van der Waals surface area contributed by atoms with Crippen molar-refractivity contribution in [3.8, 4) is 6.07 Å². The van der Waals surface area contributed by atoms with Crippen LogP contribution in [0.1, 0.15) is 54.9 Å². The van der Waals surface area contributed by atoms with Crippen molar-refractivity contribution in [2.45, 2.75) is 62.1 Å². The van der Waals surface area contributed by atoms with Gasteiger partial charge in [-0.2, -0.15) is 5.26 Å². The summed E-state index contributed by atoms with van der Waals surface area (Å²) in [6, 6.07) is 11.9. The fourth-order valence-corrected chi connectivity index (χ4v) is 5.68. The van der Waals surface area contributed by atoms with Gasteiger partial charge in [-0.05, 0) is 42.9 Å². The largest absolute Gasteiger partial charge is 0.387 e. The first-order valence-corrected chi connectivity index (χ1v) is 13.5. The summed E-state index contributed by atoms with van der Waals surface area (Å²) in [4.78, 5) is 27.8. The number of fused-ring (bicyclic) bond motifs is 1. The van der Waals surface area contributed by atoms with E-state index >= 15 is 0 Å². The molecule has 2 aliphatic rings. The van der Waals surface area contributed by atoms with E-state index < -0.39 is 38.0 Å². The van der Waals surface area contributed by atoms with Crippen molar-refractivity contribution in [1.29, 1.82) is 5.26 Å². The minimum atomic E-state index is -4.82. The molecule has 0 radical (unpaired) electrons. The number of aromatic nitrogens is 3. The summed E-state index contributed by atoms with van der Waals surface area (Å²) in [5.41, 5.74) is 2.61. The fraction of sp³-hybridized carbons (Fsp3) is 0.458. The summed E-state index contributed by atoms with van der Waals surface area (Å²) < 4.78 is 23.8. The Hall–Kier alpha value is -2.88. The first-order chi connectivity index (χ1) is 17.6. The fourth-order valence-electron chi connectivity index (χ4n) is 4.77. The van der Waals surface area contributed by atoms with Gasteiger partial charge < -0.3 is 39.4 Å². The highest BCUT2D eigenvalue weighted by molar-refractivity contribution is 7.52. The van der Waals surface area contributed by atoms with Crippen LogP contribution in [0.15, 0.2) is 36.5 Å². The SMILES string of the molecule is COC([C@@H]1O[C@@H](n2ccc3c(N[C@@H](C)c4ccc(C5CC5)cc4)nc(C#N)nc32)[C@H](O)[C@@H]1O)P(=O)(O)O. The lowest BCUT2D eigenvalue weighted by Gasteiger charge is -2.24. The number of ether oxygens (including phenoxy) is 2. The summed E-state index contributed by atoms with van der Waals surface area (Å²) >= 11 is 0. The van der Waals surface area contributed by atoms with Gasteiger partial charge in [-0.25, -0.2) is 9.97 Å². The van der Waals surface area contributed by atoms with Gasteiger partial charge in [-0.1, -0.05) is 24.3 Å². The Labute approximate surface area is 212 Å². The average molecular weight is 529 g/mol. The predicted octanol–water partition coefficient (Wildman–Crippen LogP) is 2.12. The van der Waals surface area contributed by atoms with E-state index in [4.69, 9.17) is 9.47 Å². The molecule has 13 heteroatoms. The van der Waals surface area contributed by atoms with Gasteiger partial charge >= 0.3 is 7.60 Å². The number of hydrogen-bond donors (Lipinski definition) is 5. The molecule has 1 aromatic carbocycles. The third-order valence-corrected chi connectivity index (χ3v) is 8.08. The Balaban J connectivity index is 1.45. The molecule has 0 amide bonds. The average Bonchev–Trinajstić information content (AvgIpc) is 3.58. The summed E-state index contributed by atoms with van der Waals surface area (Å²) in [5.74, 6) is -0.851. The summed E-state index contributed by atoms with van der Waals surface area (Å²) in [6.07, 6.45) is -1.95. The number of rotatable bonds is 8. The number of nitrogens with zero attached hydrogens (tertiary/aromatic N) is 4. The zero-order chi connectivity index (χ0) is 26.5. The third kappa shape index (κ3) is 4.87. The Morgan fingerprint density at radius 3 is 2.49 bits per heavy atom. The van der Waals surface area contributed by atoms with Gasteiger partial charge in [0.25, 0.3) is 0 Å². The zero-order valence-electron chi connectivity index (χ0n) is 20.2. The standard InChI is InChI=1S/C24H28N5O7P/c1-12(13-3-5-14(6-4-13)15-7-8-15)26-21-16-9-10-29(22(16)28-17(11-25)27-21)23-19(31)18(30)20(36-23)24(35-2)37(32,33)34/h3-6,9-10,12,15,18-20,23-24,30-31H,7-8H2,1-2H3,(H,26,27,28)(H2,32,33,34)/t12-,18-,19+,20+,23+,24?/m0/s1. The maximum atomic E-state index is 11.8. The predicted molar refractivity (Wildman–Crippen MR) is 131 cm³/mol. The Kier molecular flexibility index (Phi) is 6.81. The number of benzene rings is 1. The lowest BCUT2D eigenvalue weighted by Crippen LogP contribution is -2.39. The van der Waals surface area contributed by atoms with Crippen LogP contribution < -0.4 is 5.32 Å². The first kappa shape index (κ1) is 25.8. The van der Waals surface area contributed by atoms with Gasteiger partial charge in [0.2, 0.25) is 5.82 Å². The van der Waals surface area contributed by atoms with Crippen LogP contribution in [0.25, 0.3) is 11.0 Å². The van der Waals surface area contributed by atoms with Crippen molar-refractivity contribution in [2.24, 2.45) is 0 Å². The Morgan fingerprint density at radius 1 is 1.19 bits per heavy atom. The molecule has 5 N–H and O–H groups in total. The second-order valence-electron chi connectivity index (χ2n) is 9.46. The van der Waals surface area contributed by atoms with Crippen LogP contribution in [-0.4, -0.2) is 65.8 Å². The van der Waals surface area contributed by atoms with E-state index in [0.717, 1.165) is 12.7 Å². The summed E-state index contributed by atoms with van der Waals surface area (Å²) in [5, 5.41) is 34.6. The molecule has 0 spiro atoms. The number of aliphatic hydroxyl groups excluding tert-OH is 2. The molecule has 5 rings (SSSR count). The monoisotopic (exact) mass is 529 g/mol. The second-order valence-corrected chi connectivity index (χ2v) is 11.1. The lowest BCUT2D eigenvalue weighted by atomic mass is 10.0. The Morgan fingerprint density at radius 2 is 1.89 bits per heavy atom. The molecule has 37 heavy (non-hydrogen) atoms. The minimum Gasteiger partial charge on any atom is -0.387 e. The highest BCUT2D eigenvalue weighted by Gasteiger charge is 2.52. The molecule has 196 valence electrons. The molecular formula is C24H28N5O7P. The number of hydrogen-bond acceptors (Lipinski definition) is 9. The van der Waals surface area contributed by atoms with E-state index in [-0.39, 0.29) is 17.5 Å². The normalized spacial score (nSPS) is 25.6. The van der Waals surface area contributed by atoms with Crippen LogP contribution in [0.2, 0.25) is 0 Å². The minimum absolute atomic E-state index is 0.124. The van der Waals surface area contributed by atoms with Gasteiger partial charge in [-0.3, -0.25) is 4.57 Å². The van der Waals surface area contributed by atoms with Crippen LogP contribution in [0.3, 0.4) is 0 Å². The van der Waals surface area contributed by atoms with Crippen molar-refractivity contribution in [3.05, 3.63) is 53.5 Å². The molecule has 3 aromatic rings. The first-order valence-electron chi connectivity index (χ1n) is 11.9. The second kappa shape index (κ2) is 9.78. The van der Waals surface area contributed by atoms with Gasteiger partial charge in [0.15, 0.2) is 12.1 Å². The maximum Gasteiger partial charge on any atom is 0.356 e. The van der Waals surface area contributed by atoms with Crippen LogP contribution in [-0.2, 0) is 14.0 Å². The highest BCUT2D eigenvalue weighted by Crippen LogP contribution is 2.48. The van der Waals surface area contributed by atoms with E-state index in [9.17, 15) is 29.8 Å². The molecule has 2 fully saturated rings. The Bertz CT molecular complexity index is 1380. The molecule has 3 heterocycles. The molecule has 1 saturated carbocycles. The number of nitriles is 1. The quantitative estimate of drug-likeness (QED) is 0.269. The molecule has 1 unspecified atom stereocenters. The molecule has 0 bridgehead atoms. The van der Waals surface area contributed by atoms with Crippen molar-refractivity contribution < 1.29 is 34.0 Å². The highest BCUT2D eigenvalue weighted by atomic mass is 31.2. The molecular weight excluding hydrogens is 501 g/mol. The van der Waals surface area contributed by atoms with E-state index in [0.29, 0.717) is 17.1 Å². The molecule has 1 saturated heterocycles. The number of nitrogens with one attached hydrogen (secondary N) is 1. The van der Waals surface area contributed by atoms with Gasteiger partial charge in [0.05, 0.1) is 5.39 Å². The van der Waals surface area contributed by atoms with Crippen molar-refractivity contribution in [2.75, 3.05) is 12.4 Å². The third-order valence-electron chi connectivity index (χ3n) is 6.91. The van der Waals surface area contributed by atoms with E-state index in [1.54, 1.807) is 12.3 Å². The molecule has 12 nitrogen and oxygen atoms in total. The van der Waals surface area contributed by atoms with Crippen molar-refractivity contribution in [1.82, 2.24) is 14.5 Å². The number of anilines is 1. The van der Waals surface area contributed by atoms with E-state index in [2.05, 4.69) is 39.6 Å². The summed E-state index contributed by atoms with van der Waals surface area (Å²) in [6.45, 7) is 1.97. The van der Waals surface area contributed by atoms with Crippen molar-refractivity contribution >= 4 is 24.4 Å². The number of methoxy groups -OCH3 is 1. The maximum absolute atomic E-state index is 11.8. The number of aliphatic hydroxyl groups is 2. The molecule has 1 aliphatic heterocycles. The zero-order valence-corrected chi connectivity index (χ0v) is 21.1. The molecule has 6 atom stereocenters.